The Balaban J connectivity index is 1.96. The van der Waals surface area contributed by atoms with Crippen LogP contribution in [0.1, 0.15) is 49.4 Å². The van der Waals surface area contributed by atoms with E-state index in [4.69, 9.17) is 4.74 Å². The van der Waals surface area contributed by atoms with Gasteiger partial charge in [-0.05, 0) is 54.7 Å². The maximum Gasteiger partial charge on any atom is 0.258 e. The van der Waals surface area contributed by atoms with Gasteiger partial charge in [-0.2, -0.15) is 0 Å². The zero-order valence-corrected chi connectivity index (χ0v) is 17.3. The minimum atomic E-state index is -3.23. The molecule has 2 aromatic carbocycles. The van der Waals surface area contributed by atoms with Crippen LogP contribution in [0.25, 0.3) is 0 Å². The molecular weight excluding hydrogens is 362 g/mol. The van der Waals surface area contributed by atoms with Crippen molar-refractivity contribution in [3.05, 3.63) is 59.2 Å². The Bertz CT molecular complexity index is 902. The van der Waals surface area contributed by atoms with Crippen molar-refractivity contribution in [1.29, 1.82) is 0 Å². The molecule has 0 aliphatic carbocycles. The van der Waals surface area contributed by atoms with Gasteiger partial charge < -0.3 is 10.1 Å². The van der Waals surface area contributed by atoms with Gasteiger partial charge in [-0.3, -0.25) is 4.79 Å². The topological polar surface area (TPSA) is 72.5 Å². The van der Waals surface area contributed by atoms with E-state index in [0.717, 1.165) is 16.7 Å². The van der Waals surface area contributed by atoms with Crippen LogP contribution in [0.2, 0.25) is 0 Å². The smallest absolute Gasteiger partial charge is 0.258 e. The number of aryl methyl sites for hydroxylation is 1. The quantitative estimate of drug-likeness (QED) is 0.782. The molecule has 2 aromatic rings. The number of sulfone groups is 1. The highest BCUT2D eigenvalue weighted by Gasteiger charge is 2.13. The Hall–Kier alpha value is -2.34. The average Bonchev–Trinajstić information content (AvgIpc) is 2.60. The number of benzene rings is 2. The summed E-state index contributed by atoms with van der Waals surface area (Å²) in [4.78, 5) is 12.5. The van der Waals surface area contributed by atoms with Crippen molar-refractivity contribution in [3.63, 3.8) is 0 Å². The molecule has 0 spiro atoms. The van der Waals surface area contributed by atoms with E-state index in [-0.39, 0.29) is 23.5 Å². The normalized spacial score (nSPS) is 12.7. The minimum Gasteiger partial charge on any atom is -0.483 e. The van der Waals surface area contributed by atoms with Crippen LogP contribution in [0.3, 0.4) is 0 Å². The number of nitrogens with one attached hydrogen (secondary N) is 1. The molecule has 1 N–H and O–H groups in total. The molecule has 6 heteroatoms. The predicted octanol–water partition coefficient (Wildman–Crippen LogP) is 3.78. The van der Waals surface area contributed by atoms with Crippen LogP contribution in [0.15, 0.2) is 47.4 Å². The van der Waals surface area contributed by atoms with E-state index in [1.807, 2.05) is 26.0 Å². The van der Waals surface area contributed by atoms with Gasteiger partial charge in [0.2, 0.25) is 0 Å². The molecule has 0 aliphatic rings. The summed E-state index contributed by atoms with van der Waals surface area (Å²) < 4.78 is 28.7. The Morgan fingerprint density at radius 1 is 1.04 bits per heavy atom. The highest BCUT2D eigenvalue weighted by molar-refractivity contribution is 7.90. The lowest BCUT2D eigenvalue weighted by Crippen LogP contribution is -2.31. The van der Waals surface area contributed by atoms with Crippen molar-refractivity contribution in [1.82, 2.24) is 5.32 Å². The Morgan fingerprint density at radius 3 is 2.19 bits per heavy atom. The molecule has 1 amide bonds. The lowest BCUT2D eigenvalue weighted by molar-refractivity contribution is -0.123. The van der Waals surface area contributed by atoms with E-state index in [1.165, 1.54) is 6.26 Å². The van der Waals surface area contributed by atoms with E-state index in [2.05, 4.69) is 25.2 Å². The van der Waals surface area contributed by atoms with Gasteiger partial charge in [-0.15, -0.1) is 0 Å². The molecule has 146 valence electrons. The number of carbonyl (C=O) groups is 1. The fourth-order valence-corrected chi connectivity index (χ4v) is 3.28. The van der Waals surface area contributed by atoms with Gasteiger partial charge in [0, 0.05) is 6.26 Å². The van der Waals surface area contributed by atoms with E-state index in [1.54, 1.807) is 24.3 Å². The summed E-state index contributed by atoms with van der Waals surface area (Å²) in [6.45, 7) is 7.94. The molecule has 5 nitrogen and oxygen atoms in total. The average molecular weight is 390 g/mol. The fourth-order valence-electron chi connectivity index (χ4n) is 2.64. The zero-order valence-electron chi connectivity index (χ0n) is 16.4. The molecule has 0 saturated heterocycles. The molecule has 1 atom stereocenters. The van der Waals surface area contributed by atoms with Gasteiger partial charge in [0.25, 0.3) is 5.91 Å². The van der Waals surface area contributed by atoms with E-state index >= 15 is 0 Å². The third-order valence-electron chi connectivity index (χ3n) is 4.42. The lowest BCUT2D eigenvalue weighted by Gasteiger charge is -2.16. The molecule has 0 saturated carbocycles. The van der Waals surface area contributed by atoms with Crippen molar-refractivity contribution in [3.8, 4) is 5.75 Å². The van der Waals surface area contributed by atoms with Gasteiger partial charge in [0.1, 0.15) is 5.75 Å². The molecule has 0 unspecified atom stereocenters. The van der Waals surface area contributed by atoms with Gasteiger partial charge >= 0.3 is 0 Å². The third-order valence-corrected chi connectivity index (χ3v) is 5.55. The van der Waals surface area contributed by atoms with E-state index < -0.39 is 9.84 Å². The number of carbonyl (C=O) groups excluding carboxylic acids is 1. The third kappa shape index (κ3) is 5.82. The molecule has 0 aliphatic heterocycles. The van der Waals surface area contributed by atoms with Gasteiger partial charge in [0.05, 0.1) is 10.9 Å². The Kier molecular flexibility index (Phi) is 6.65. The Morgan fingerprint density at radius 2 is 1.63 bits per heavy atom. The molecule has 0 fully saturated rings. The second kappa shape index (κ2) is 8.57. The second-order valence-corrected chi connectivity index (χ2v) is 9.11. The summed E-state index contributed by atoms with van der Waals surface area (Å²) in [5.74, 6) is 0.863. The summed E-state index contributed by atoms with van der Waals surface area (Å²) in [6.07, 6.45) is 1.17. The van der Waals surface area contributed by atoms with Crippen LogP contribution in [0, 0.1) is 6.92 Å². The van der Waals surface area contributed by atoms with Gasteiger partial charge in [-0.1, -0.05) is 38.1 Å². The molecular formula is C21H27NO4S. The summed E-state index contributed by atoms with van der Waals surface area (Å²) in [7, 11) is -3.23. The highest BCUT2D eigenvalue weighted by Crippen LogP contribution is 2.24. The molecule has 0 aromatic heterocycles. The highest BCUT2D eigenvalue weighted by atomic mass is 32.2. The predicted molar refractivity (Wildman–Crippen MR) is 107 cm³/mol. The van der Waals surface area contributed by atoms with Crippen molar-refractivity contribution >= 4 is 15.7 Å². The second-order valence-electron chi connectivity index (χ2n) is 7.10. The van der Waals surface area contributed by atoms with Crippen LogP contribution in [-0.4, -0.2) is 27.2 Å². The zero-order chi connectivity index (χ0) is 20.2. The largest absolute Gasteiger partial charge is 0.483 e. The van der Waals surface area contributed by atoms with Crippen LogP contribution in [0.5, 0.6) is 5.75 Å². The fraction of sp³-hybridized carbons (Fsp3) is 0.381. The monoisotopic (exact) mass is 389 g/mol. The number of hydrogen-bond donors (Lipinski definition) is 1. The Labute approximate surface area is 161 Å². The van der Waals surface area contributed by atoms with Crippen molar-refractivity contribution in [2.45, 2.75) is 44.6 Å². The number of ether oxygens (including phenoxy) is 1. The van der Waals surface area contributed by atoms with Crippen molar-refractivity contribution in [2.24, 2.45) is 0 Å². The van der Waals surface area contributed by atoms with Crippen molar-refractivity contribution in [2.75, 3.05) is 12.9 Å². The summed E-state index contributed by atoms with van der Waals surface area (Å²) >= 11 is 0. The van der Waals surface area contributed by atoms with E-state index in [0.29, 0.717) is 11.7 Å². The first kappa shape index (κ1) is 21.0. The van der Waals surface area contributed by atoms with Gasteiger partial charge in [0.15, 0.2) is 16.4 Å². The molecule has 2 rings (SSSR count). The van der Waals surface area contributed by atoms with Crippen LogP contribution in [0.4, 0.5) is 0 Å². The molecule has 0 heterocycles. The lowest BCUT2D eigenvalue weighted by atomic mass is 10.0. The first-order valence-electron chi connectivity index (χ1n) is 8.90. The first-order valence-corrected chi connectivity index (χ1v) is 10.8. The summed E-state index contributed by atoms with van der Waals surface area (Å²) in [6, 6.07) is 12.3. The SMILES string of the molecule is Cc1ccc(C(C)C)cc1OCC(=O)N[C@H](C)c1ccc(S(C)(=O)=O)cc1. The van der Waals surface area contributed by atoms with Crippen LogP contribution >= 0.6 is 0 Å². The maximum atomic E-state index is 12.2. The number of hydrogen-bond acceptors (Lipinski definition) is 4. The summed E-state index contributed by atoms with van der Waals surface area (Å²) in [5.41, 5.74) is 2.97. The molecule has 0 radical (unpaired) electrons. The molecule has 0 bridgehead atoms. The number of rotatable bonds is 7. The van der Waals surface area contributed by atoms with Crippen molar-refractivity contribution < 1.29 is 17.9 Å². The summed E-state index contributed by atoms with van der Waals surface area (Å²) in [5, 5.41) is 2.87. The number of amides is 1. The van der Waals surface area contributed by atoms with Crippen LogP contribution in [-0.2, 0) is 14.6 Å². The standard InChI is InChI=1S/C21H27NO4S/c1-14(2)18-7-6-15(3)20(12-18)26-13-21(23)22-16(4)17-8-10-19(11-9-17)27(5,24)25/h6-12,14,16H,13H2,1-5H3,(H,22,23)/t16-/m1/s1. The van der Waals surface area contributed by atoms with Gasteiger partial charge in [-0.25, -0.2) is 8.42 Å². The molecule has 27 heavy (non-hydrogen) atoms. The maximum absolute atomic E-state index is 12.2. The van der Waals surface area contributed by atoms with Crippen LogP contribution < -0.4 is 10.1 Å². The minimum absolute atomic E-state index is 0.0752. The first-order chi connectivity index (χ1) is 12.6. The van der Waals surface area contributed by atoms with E-state index in [9.17, 15) is 13.2 Å².